The molecule has 0 aromatic carbocycles. The molecule has 0 bridgehead atoms. The molecule has 1 N–H and O–H groups in total. The summed E-state index contributed by atoms with van der Waals surface area (Å²) in [5.74, 6) is 0.682. The molecule has 2 atom stereocenters. The molecule has 1 aliphatic carbocycles. The quantitative estimate of drug-likeness (QED) is 0.705. The van der Waals surface area contributed by atoms with E-state index in [1.54, 1.807) is 6.08 Å². The second-order valence-corrected chi connectivity index (χ2v) is 5.10. The van der Waals surface area contributed by atoms with Gasteiger partial charge in [-0.2, -0.15) is 0 Å². The highest BCUT2D eigenvalue weighted by atomic mass is 16.2. The third-order valence-electron chi connectivity index (χ3n) is 3.13. The number of amides is 1. The molecule has 0 aromatic rings. The maximum atomic E-state index is 11.8. The zero-order chi connectivity index (χ0) is 11.6. The zero-order valence-electron chi connectivity index (χ0n) is 10.1. The monoisotopic (exact) mass is 207 g/mol. The Hall–Kier alpha value is -1.05. The minimum atomic E-state index is 0.114. The van der Waals surface area contributed by atoms with Crippen molar-refractivity contribution in [2.45, 2.75) is 27.7 Å². The summed E-state index contributed by atoms with van der Waals surface area (Å²) in [5.41, 5.74) is 1.40. The summed E-state index contributed by atoms with van der Waals surface area (Å²) >= 11 is 0. The van der Waals surface area contributed by atoms with Gasteiger partial charge in [0, 0.05) is 6.54 Å². The van der Waals surface area contributed by atoms with Crippen molar-refractivity contribution in [3.05, 3.63) is 24.3 Å². The Morgan fingerprint density at radius 2 is 2.07 bits per heavy atom. The first-order valence-electron chi connectivity index (χ1n) is 5.45. The van der Waals surface area contributed by atoms with E-state index in [4.69, 9.17) is 0 Å². The van der Waals surface area contributed by atoms with E-state index >= 15 is 0 Å². The standard InChI is InChI=1S/C13H21NO/c1-6-7-14-12(15)11-10(8-9(2)3)13(11,4)5/h6,8,10-11H,1,7H2,2-5H3,(H,14,15)/t10-,11+/m1/s1. The van der Waals surface area contributed by atoms with E-state index in [0.717, 1.165) is 0 Å². The van der Waals surface area contributed by atoms with Crippen LogP contribution in [-0.2, 0) is 4.79 Å². The molecule has 84 valence electrons. The van der Waals surface area contributed by atoms with Crippen LogP contribution in [0.15, 0.2) is 24.3 Å². The fourth-order valence-corrected chi connectivity index (χ4v) is 2.13. The molecular formula is C13H21NO. The first-order valence-corrected chi connectivity index (χ1v) is 5.45. The highest BCUT2D eigenvalue weighted by molar-refractivity contribution is 5.83. The van der Waals surface area contributed by atoms with Crippen LogP contribution in [-0.4, -0.2) is 12.5 Å². The third kappa shape index (κ3) is 2.49. The molecule has 15 heavy (non-hydrogen) atoms. The van der Waals surface area contributed by atoms with Crippen molar-refractivity contribution < 1.29 is 4.79 Å². The Labute approximate surface area is 92.4 Å². The van der Waals surface area contributed by atoms with E-state index in [1.165, 1.54) is 5.57 Å². The lowest BCUT2D eigenvalue weighted by Gasteiger charge is -2.02. The van der Waals surface area contributed by atoms with Gasteiger partial charge in [0.25, 0.3) is 0 Å². The number of hydrogen-bond donors (Lipinski definition) is 1. The Bertz CT molecular complexity index is 298. The first kappa shape index (κ1) is 12.0. The summed E-state index contributed by atoms with van der Waals surface area (Å²) in [7, 11) is 0. The average molecular weight is 207 g/mol. The summed E-state index contributed by atoms with van der Waals surface area (Å²) in [6.45, 7) is 12.6. The van der Waals surface area contributed by atoms with Gasteiger partial charge in [-0.3, -0.25) is 4.79 Å². The number of allylic oxidation sites excluding steroid dienone is 2. The van der Waals surface area contributed by atoms with Gasteiger partial charge in [-0.1, -0.05) is 31.6 Å². The largest absolute Gasteiger partial charge is 0.352 e. The molecule has 1 aliphatic rings. The molecule has 0 heterocycles. The number of carbonyl (C=O) groups is 1. The van der Waals surface area contributed by atoms with E-state index in [1.807, 2.05) is 0 Å². The van der Waals surface area contributed by atoms with E-state index in [2.05, 4.69) is 45.7 Å². The van der Waals surface area contributed by atoms with E-state index in [-0.39, 0.29) is 17.2 Å². The highest BCUT2D eigenvalue weighted by Crippen LogP contribution is 2.59. The maximum absolute atomic E-state index is 11.8. The lowest BCUT2D eigenvalue weighted by molar-refractivity contribution is -0.122. The second kappa shape index (κ2) is 4.21. The SMILES string of the molecule is C=CCNC(=O)[C@@H]1[C@@H](C=C(C)C)C1(C)C. The van der Waals surface area contributed by atoms with Crippen molar-refractivity contribution in [2.24, 2.45) is 17.3 Å². The van der Waals surface area contributed by atoms with Crippen molar-refractivity contribution in [3.8, 4) is 0 Å². The Balaban J connectivity index is 2.61. The highest BCUT2D eigenvalue weighted by Gasteiger charge is 2.60. The van der Waals surface area contributed by atoms with Crippen LogP contribution in [0.5, 0.6) is 0 Å². The van der Waals surface area contributed by atoms with E-state index < -0.39 is 0 Å². The molecule has 1 fully saturated rings. The molecule has 0 spiro atoms. The molecule has 1 amide bonds. The van der Waals surface area contributed by atoms with Gasteiger partial charge in [-0.15, -0.1) is 6.58 Å². The molecule has 0 aliphatic heterocycles. The van der Waals surface area contributed by atoms with Crippen LogP contribution in [0.2, 0.25) is 0 Å². The fourth-order valence-electron chi connectivity index (χ4n) is 2.13. The predicted molar refractivity (Wildman–Crippen MR) is 63.4 cm³/mol. The molecule has 2 nitrogen and oxygen atoms in total. The van der Waals surface area contributed by atoms with Crippen molar-refractivity contribution in [3.63, 3.8) is 0 Å². The summed E-state index contributed by atoms with van der Waals surface area (Å²) < 4.78 is 0. The Morgan fingerprint density at radius 3 is 2.53 bits per heavy atom. The Morgan fingerprint density at radius 1 is 1.47 bits per heavy atom. The number of carbonyl (C=O) groups excluding carboxylic acids is 1. The number of nitrogens with one attached hydrogen (secondary N) is 1. The smallest absolute Gasteiger partial charge is 0.224 e. The second-order valence-electron chi connectivity index (χ2n) is 5.10. The van der Waals surface area contributed by atoms with Crippen LogP contribution in [0.1, 0.15) is 27.7 Å². The molecule has 0 saturated heterocycles. The predicted octanol–water partition coefficient (Wildman–Crippen LogP) is 2.53. The van der Waals surface area contributed by atoms with Crippen LogP contribution in [0, 0.1) is 17.3 Å². The van der Waals surface area contributed by atoms with Gasteiger partial charge >= 0.3 is 0 Å². The van der Waals surface area contributed by atoms with Crippen LogP contribution in [0.3, 0.4) is 0 Å². The number of hydrogen-bond acceptors (Lipinski definition) is 1. The lowest BCUT2D eigenvalue weighted by atomic mass is 10.1. The lowest BCUT2D eigenvalue weighted by Crippen LogP contribution is -2.26. The topological polar surface area (TPSA) is 29.1 Å². The van der Waals surface area contributed by atoms with Gasteiger partial charge in [-0.05, 0) is 25.2 Å². The first-order chi connectivity index (χ1) is 6.91. The summed E-state index contributed by atoms with van der Waals surface area (Å²) in [6.07, 6.45) is 3.92. The molecular weight excluding hydrogens is 186 g/mol. The van der Waals surface area contributed by atoms with Crippen molar-refractivity contribution >= 4 is 5.91 Å². The van der Waals surface area contributed by atoms with Gasteiger partial charge in [0.2, 0.25) is 5.91 Å². The maximum Gasteiger partial charge on any atom is 0.224 e. The number of rotatable bonds is 4. The van der Waals surface area contributed by atoms with Gasteiger partial charge in [0.05, 0.1) is 5.92 Å². The van der Waals surface area contributed by atoms with Crippen LogP contribution in [0.25, 0.3) is 0 Å². The third-order valence-corrected chi connectivity index (χ3v) is 3.13. The van der Waals surface area contributed by atoms with Gasteiger partial charge in [0.15, 0.2) is 0 Å². The van der Waals surface area contributed by atoms with Crippen LogP contribution < -0.4 is 5.32 Å². The molecule has 1 rings (SSSR count). The Kier molecular flexibility index (Phi) is 3.38. The van der Waals surface area contributed by atoms with Gasteiger partial charge in [-0.25, -0.2) is 0 Å². The normalized spacial score (nSPS) is 26.7. The molecule has 0 radical (unpaired) electrons. The zero-order valence-corrected chi connectivity index (χ0v) is 10.1. The molecule has 0 aromatic heterocycles. The average Bonchev–Trinajstić information content (AvgIpc) is 2.63. The molecule has 0 unspecified atom stereocenters. The van der Waals surface area contributed by atoms with Crippen LogP contribution in [0.4, 0.5) is 0 Å². The van der Waals surface area contributed by atoms with E-state index in [9.17, 15) is 4.79 Å². The van der Waals surface area contributed by atoms with Gasteiger partial charge in [0.1, 0.15) is 0 Å². The molecule has 1 saturated carbocycles. The minimum Gasteiger partial charge on any atom is -0.352 e. The summed E-state index contributed by atoms with van der Waals surface area (Å²) in [4.78, 5) is 11.8. The van der Waals surface area contributed by atoms with Crippen molar-refractivity contribution in [1.29, 1.82) is 0 Å². The fraction of sp³-hybridized carbons (Fsp3) is 0.615. The van der Waals surface area contributed by atoms with Gasteiger partial charge < -0.3 is 5.32 Å². The molecule has 2 heteroatoms. The van der Waals surface area contributed by atoms with E-state index in [0.29, 0.717) is 12.5 Å². The van der Waals surface area contributed by atoms with Crippen molar-refractivity contribution in [1.82, 2.24) is 5.32 Å². The summed E-state index contributed by atoms with van der Waals surface area (Å²) in [6, 6.07) is 0. The van der Waals surface area contributed by atoms with Crippen LogP contribution >= 0.6 is 0 Å². The summed E-state index contributed by atoms with van der Waals surface area (Å²) in [5, 5.41) is 2.87. The minimum absolute atomic E-state index is 0.114. The van der Waals surface area contributed by atoms with Crippen molar-refractivity contribution in [2.75, 3.05) is 6.54 Å².